The Hall–Kier alpha value is 0.0687. The summed E-state index contributed by atoms with van der Waals surface area (Å²) in [5, 5.41) is 0. The van der Waals surface area contributed by atoms with Gasteiger partial charge < -0.3 is 0 Å². The van der Waals surface area contributed by atoms with Crippen LogP contribution in [0.15, 0.2) is 0 Å². The van der Waals surface area contributed by atoms with Gasteiger partial charge in [0, 0.05) is 0 Å². The van der Waals surface area contributed by atoms with Crippen molar-refractivity contribution in [2.24, 2.45) is 0 Å². The average Bonchev–Trinajstić information content (AvgIpc) is 2.70. The molecule has 3 nitrogen and oxygen atoms in total. The van der Waals surface area contributed by atoms with Gasteiger partial charge in [0.1, 0.15) is 0 Å². The van der Waals surface area contributed by atoms with Crippen LogP contribution in [-0.2, 0) is 0 Å². The van der Waals surface area contributed by atoms with Crippen molar-refractivity contribution in [1.29, 1.82) is 0 Å². The molecule has 1 atom stereocenters. The summed E-state index contributed by atoms with van der Waals surface area (Å²) in [5.74, 6) is 0. The zero-order chi connectivity index (χ0) is 23.2. The summed E-state index contributed by atoms with van der Waals surface area (Å²) in [4.78, 5) is 18.1. The molecule has 0 radical (unpaired) electrons. The second-order valence-electron chi connectivity index (χ2n) is 10.2. The van der Waals surface area contributed by atoms with Crippen molar-refractivity contribution in [3.63, 3.8) is 0 Å². The van der Waals surface area contributed by atoms with E-state index in [1.165, 1.54) is 77.5 Å². The minimum atomic E-state index is -2.56. The molecule has 4 heteroatoms. The SMILES string of the molecule is CCCCC[CH](N(C)C(=O)N(C(C)C)C(C)C)[Sn]([CH2]CCC)([CH2]CCC)[CH2]CCC. The predicted molar refractivity (Wildman–Crippen MR) is 138 cm³/mol. The van der Waals surface area contributed by atoms with Gasteiger partial charge in [-0.2, -0.15) is 0 Å². The van der Waals surface area contributed by atoms with Crippen LogP contribution in [0.1, 0.15) is 120 Å². The molecule has 180 valence electrons. The van der Waals surface area contributed by atoms with Crippen LogP contribution in [0.5, 0.6) is 0 Å². The number of unbranched alkanes of at least 4 members (excludes halogenated alkanes) is 5. The minimum absolute atomic E-state index is 0.253. The van der Waals surface area contributed by atoms with Crippen molar-refractivity contribution in [1.82, 2.24) is 9.80 Å². The van der Waals surface area contributed by atoms with E-state index in [1.807, 2.05) is 0 Å². The van der Waals surface area contributed by atoms with E-state index < -0.39 is 18.4 Å². The monoisotopic (exact) mass is 532 g/mol. The fraction of sp³-hybridized carbons (Fsp3) is 0.962. The maximum absolute atomic E-state index is 13.8. The number of rotatable bonds is 17. The van der Waals surface area contributed by atoms with Gasteiger partial charge in [0.05, 0.1) is 0 Å². The third kappa shape index (κ3) is 9.69. The molecule has 0 aliphatic carbocycles. The molecule has 0 fully saturated rings. The van der Waals surface area contributed by atoms with E-state index in [9.17, 15) is 4.79 Å². The van der Waals surface area contributed by atoms with E-state index in [4.69, 9.17) is 0 Å². The van der Waals surface area contributed by atoms with Crippen LogP contribution >= 0.6 is 0 Å². The summed E-state index contributed by atoms with van der Waals surface area (Å²) in [5.41, 5.74) is 0. The average molecular weight is 531 g/mol. The number of carbonyl (C=O) groups excluding carboxylic acids is 1. The number of hydrogen-bond donors (Lipinski definition) is 0. The van der Waals surface area contributed by atoms with E-state index in [0.717, 1.165) is 0 Å². The Morgan fingerprint density at radius 1 is 0.700 bits per heavy atom. The Kier molecular flexibility index (Phi) is 16.7. The number of nitrogens with zero attached hydrogens (tertiary/aromatic N) is 2. The van der Waals surface area contributed by atoms with E-state index in [0.29, 0.717) is 4.06 Å². The van der Waals surface area contributed by atoms with Gasteiger partial charge in [0.15, 0.2) is 0 Å². The van der Waals surface area contributed by atoms with E-state index in [2.05, 4.69) is 72.2 Å². The Morgan fingerprint density at radius 3 is 1.43 bits per heavy atom. The number of hydrogen-bond acceptors (Lipinski definition) is 1. The summed E-state index contributed by atoms with van der Waals surface area (Å²) in [6, 6.07) is 0.789. The van der Waals surface area contributed by atoms with Gasteiger partial charge in [0.25, 0.3) is 0 Å². The molecule has 0 rings (SSSR count). The quantitative estimate of drug-likeness (QED) is 0.136. The zero-order valence-electron chi connectivity index (χ0n) is 22.2. The van der Waals surface area contributed by atoms with Crippen molar-refractivity contribution in [2.45, 2.75) is 149 Å². The molecule has 0 aliphatic heterocycles. The first-order chi connectivity index (χ1) is 14.2. The molecule has 0 aromatic rings. The normalized spacial score (nSPS) is 13.2. The number of amides is 2. The molecule has 0 N–H and O–H groups in total. The van der Waals surface area contributed by atoms with Crippen molar-refractivity contribution >= 4 is 24.4 Å². The fourth-order valence-corrected chi connectivity index (χ4v) is 24.4. The van der Waals surface area contributed by atoms with Crippen molar-refractivity contribution in [3.8, 4) is 0 Å². The second-order valence-corrected chi connectivity index (χ2v) is 24.1. The first-order valence-electron chi connectivity index (χ1n) is 13.3. The van der Waals surface area contributed by atoms with Crippen LogP contribution in [0, 0.1) is 0 Å². The summed E-state index contributed by atoms with van der Waals surface area (Å²) in [6.45, 7) is 18.0. The molecule has 0 aromatic carbocycles. The van der Waals surface area contributed by atoms with E-state index in [-0.39, 0.29) is 18.1 Å². The van der Waals surface area contributed by atoms with Gasteiger partial charge in [-0.25, -0.2) is 0 Å². The van der Waals surface area contributed by atoms with Crippen LogP contribution in [0.2, 0.25) is 13.3 Å². The maximum atomic E-state index is 13.8. The Bertz CT molecular complexity index is 409. The molecular formula is C26H56N2OSn. The summed E-state index contributed by atoms with van der Waals surface area (Å²) in [7, 11) is 2.16. The molecule has 1 unspecified atom stereocenters. The van der Waals surface area contributed by atoms with Gasteiger partial charge in [-0.05, 0) is 0 Å². The molecule has 2 amide bonds. The summed E-state index contributed by atoms with van der Waals surface area (Å²) < 4.78 is 4.98. The summed E-state index contributed by atoms with van der Waals surface area (Å²) in [6.07, 6.45) is 13.1. The molecule has 0 aliphatic rings. The zero-order valence-corrected chi connectivity index (χ0v) is 25.1. The standard InChI is InChI=1S/C14H29N2O.3C4H9.Sn/c1-7-8-9-10-11-15(6)14(17)16(12(2)3)13(4)5;3*1-3-4-2;/h11-13H,7-10H2,1-6H3;3*1,3-4H2,2H3;. The van der Waals surface area contributed by atoms with Crippen LogP contribution in [0.25, 0.3) is 0 Å². The molecule has 0 bridgehead atoms. The van der Waals surface area contributed by atoms with Crippen LogP contribution in [0.3, 0.4) is 0 Å². The topological polar surface area (TPSA) is 23.6 Å². The van der Waals surface area contributed by atoms with Crippen LogP contribution in [-0.4, -0.2) is 57.4 Å². The third-order valence-corrected chi connectivity index (χ3v) is 24.5. The van der Waals surface area contributed by atoms with E-state index >= 15 is 0 Å². The number of urea groups is 1. The van der Waals surface area contributed by atoms with Gasteiger partial charge in [0.2, 0.25) is 0 Å². The van der Waals surface area contributed by atoms with Crippen LogP contribution in [0.4, 0.5) is 4.79 Å². The Balaban J connectivity index is 6.10. The van der Waals surface area contributed by atoms with Crippen molar-refractivity contribution in [2.75, 3.05) is 7.05 Å². The van der Waals surface area contributed by atoms with Crippen molar-refractivity contribution in [3.05, 3.63) is 0 Å². The molecule has 30 heavy (non-hydrogen) atoms. The summed E-state index contributed by atoms with van der Waals surface area (Å²) >= 11 is -2.56. The predicted octanol–water partition coefficient (Wildman–Crippen LogP) is 8.49. The Labute approximate surface area is 194 Å². The molecule has 0 spiro atoms. The van der Waals surface area contributed by atoms with Gasteiger partial charge >= 0.3 is 195 Å². The first-order valence-corrected chi connectivity index (χ1v) is 21.0. The fourth-order valence-electron chi connectivity index (χ4n) is 5.31. The molecule has 0 aromatic heterocycles. The first kappa shape index (κ1) is 30.1. The molecule has 0 saturated heterocycles. The van der Waals surface area contributed by atoms with Crippen LogP contribution < -0.4 is 0 Å². The van der Waals surface area contributed by atoms with Crippen molar-refractivity contribution < 1.29 is 4.79 Å². The molecule has 0 heterocycles. The number of carbonyl (C=O) groups is 1. The van der Waals surface area contributed by atoms with Gasteiger partial charge in [-0.3, -0.25) is 0 Å². The molecule has 0 saturated carbocycles. The second kappa shape index (κ2) is 16.7. The molecular weight excluding hydrogens is 475 g/mol. The third-order valence-electron chi connectivity index (χ3n) is 6.98. The van der Waals surface area contributed by atoms with Gasteiger partial charge in [-0.1, -0.05) is 0 Å². The Morgan fingerprint density at radius 2 is 1.10 bits per heavy atom. The van der Waals surface area contributed by atoms with Gasteiger partial charge in [-0.15, -0.1) is 0 Å². The van der Waals surface area contributed by atoms with E-state index in [1.54, 1.807) is 0 Å².